The van der Waals surface area contributed by atoms with Crippen LogP contribution in [0.1, 0.15) is 42.7 Å². The highest BCUT2D eigenvalue weighted by Gasteiger charge is 2.45. The van der Waals surface area contributed by atoms with Gasteiger partial charge in [0.15, 0.2) is 0 Å². The Morgan fingerprint density at radius 1 is 1.33 bits per heavy atom. The molecule has 2 atom stereocenters. The van der Waals surface area contributed by atoms with Crippen LogP contribution in [0.5, 0.6) is 0 Å². The lowest BCUT2D eigenvalue weighted by molar-refractivity contribution is -0.147. The number of hydrogen-bond donors (Lipinski definition) is 1. The van der Waals surface area contributed by atoms with E-state index in [4.69, 9.17) is 16.3 Å². The maximum atomic E-state index is 13.6. The maximum Gasteiger partial charge on any atom is 0.324 e. The Bertz CT molecular complexity index is 1260. The molecule has 36 heavy (non-hydrogen) atoms. The Morgan fingerprint density at radius 2 is 2.14 bits per heavy atom. The van der Waals surface area contributed by atoms with E-state index in [1.165, 1.54) is 35.5 Å². The van der Waals surface area contributed by atoms with Crippen molar-refractivity contribution in [2.24, 2.45) is 0 Å². The molecule has 3 heterocycles. The predicted molar refractivity (Wildman–Crippen MR) is 142 cm³/mol. The van der Waals surface area contributed by atoms with Gasteiger partial charge in [-0.25, -0.2) is 8.42 Å². The topological polar surface area (TPSA) is 96.0 Å². The van der Waals surface area contributed by atoms with Crippen molar-refractivity contribution in [3.05, 3.63) is 56.1 Å². The number of sulfonamides is 1. The SMILES string of the molecule is CCOC(=O)C(C)N([C@H]1CCN(c2ccc3c(c2)CCCNC3)C1=O)S(=O)(=O)C=Cc1ccc(Cl)s1. The van der Waals surface area contributed by atoms with Crippen LogP contribution in [0.4, 0.5) is 5.69 Å². The van der Waals surface area contributed by atoms with Crippen LogP contribution in [0.15, 0.2) is 35.7 Å². The van der Waals surface area contributed by atoms with Gasteiger partial charge in [0.05, 0.1) is 10.9 Å². The van der Waals surface area contributed by atoms with E-state index in [0.717, 1.165) is 41.3 Å². The van der Waals surface area contributed by atoms with Gasteiger partial charge in [-0.3, -0.25) is 9.59 Å². The summed E-state index contributed by atoms with van der Waals surface area (Å²) in [6, 6.07) is 7.14. The second-order valence-electron chi connectivity index (χ2n) is 8.78. The third kappa shape index (κ3) is 5.84. The second-order valence-corrected chi connectivity index (χ2v) is 12.2. The zero-order chi connectivity index (χ0) is 25.9. The van der Waals surface area contributed by atoms with Crippen molar-refractivity contribution in [1.29, 1.82) is 0 Å². The molecule has 1 aromatic heterocycles. The van der Waals surface area contributed by atoms with E-state index in [9.17, 15) is 18.0 Å². The number of carbonyl (C=O) groups excluding carboxylic acids is 2. The molecule has 0 radical (unpaired) electrons. The van der Waals surface area contributed by atoms with Gasteiger partial charge in [-0.2, -0.15) is 4.31 Å². The number of rotatable bonds is 8. The minimum absolute atomic E-state index is 0.106. The number of aryl methyl sites for hydroxylation is 1. The molecule has 194 valence electrons. The maximum absolute atomic E-state index is 13.6. The van der Waals surface area contributed by atoms with Crippen molar-refractivity contribution in [3.63, 3.8) is 0 Å². The van der Waals surface area contributed by atoms with Crippen molar-refractivity contribution in [3.8, 4) is 0 Å². The monoisotopic (exact) mass is 551 g/mol. The van der Waals surface area contributed by atoms with Gasteiger partial charge in [0, 0.05) is 29.1 Å². The first-order valence-electron chi connectivity index (χ1n) is 12.0. The molecule has 0 saturated carbocycles. The number of anilines is 1. The van der Waals surface area contributed by atoms with Gasteiger partial charge in [0.2, 0.25) is 15.9 Å². The molecule has 1 N–H and O–H groups in total. The largest absolute Gasteiger partial charge is 0.465 e. The smallest absolute Gasteiger partial charge is 0.324 e. The van der Waals surface area contributed by atoms with Crippen LogP contribution in [0.2, 0.25) is 4.34 Å². The van der Waals surface area contributed by atoms with Gasteiger partial charge >= 0.3 is 5.97 Å². The molecule has 1 fully saturated rings. The fourth-order valence-corrected chi connectivity index (χ4v) is 7.23. The van der Waals surface area contributed by atoms with Crippen LogP contribution in [-0.4, -0.2) is 56.4 Å². The number of ether oxygens (including phenoxy) is 1. The fraction of sp³-hybridized carbons (Fsp3) is 0.440. The van der Waals surface area contributed by atoms with Crippen LogP contribution < -0.4 is 10.2 Å². The normalized spacial score (nSPS) is 19.5. The standard InChI is InChI=1S/C25H30ClN3O5S2/c1-3-34-25(31)17(2)29(36(32,33)14-11-21-8-9-23(26)35-21)22-10-13-28(24(22)30)20-7-6-19-16-27-12-4-5-18(19)15-20/h6-9,11,14-15,17,22,27H,3-5,10,12-13,16H2,1-2H3/t17?,22-/m0/s1. The third-order valence-corrected chi connectivity index (χ3v) is 9.24. The summed E-state index contributed by atoms with van der Waals surface area (Å²) in [5.74, 6) is -1.05. The summed E-state index contributed by atoms with van der Waals surface area (Å²) in [7, 11) is -4.16. The van der Waals surface area contributed by atoms with Crippen molar-refractivity contribution in [2.45, 2.75) is 51.7 Å². The number of amides is 1. The van der Waals surface area contributed by atoms with E-state index < -0.39 is 28.1 Å². The molecule has 4 rings (SSSR count). The number of benzene rings is 1. The molecule has 0 bridgehead atoms. The van der Waals surface area contributed by atoms with Crippen molar-refractivity contribution in [2.75, 3.05) is 24.6 Å². The number of hydrogen-bond acceptors (Lipinski definition) is 7. The van der Waals surface area contributed by atoms with E-state index in [-0.39, 0.29) is 18.9 Å². The Hall–Kier alpha value is -2.24. The summed E-state index contributed by atoms with van der Waals surface area (Å²) in [4.78, 5) is 28.5. The fourth-order valence-electron chi connectivity index (χ4n) is 4.65. The molecule has 1 unspecified atom stereocenters. The number of esters is 1. The van der Waals surface area contributed by atoms with E-state index in [0.29, 0.717) is 15.8 Å². The lowest BCUT2D eigenvalue weighted by Crippen LogP contribution is -2.52. The van der Waals surface area contributed by atoms with E-state index in [2.05, 4.69) is 5.32 Å². The molecule has 11 heteroatoms. The number of halogens is 1. The minimum atomic E-state index is -4.16. The zero-order valence-corrected chi connectivity index (χ0v) is 22.7. The van der Waals surface area contributed by atoms with Crippen LogP contribution in [0.3, 0.4) is 0 Å². The van der Waals surface area contributed by atoms with E-state index >= 15 is 0 Å². The highest BCUT2D eigenvalue weighted by Crippen LogP contribution is 2.31. The molecule has 1 aromatic carbocycles. The summed E-state index contributed by atoms with van der Waals surface area (Å²) in [5, 5.41) is 4.41. The summed E-state index contributed by atoms with van der Waals surface area (Å²) in [6.45, 7) is 5.30. The summed E-state index contributed by atoms with van der Waals surface area (Å²) >= 11 is 7.19. The average molecular weight is 552 g/mol. The lowest BCUT2D eigenvalue weighted by Gasteiger charge is -2.30. The highest BCUT2D eigenvalue weighted by atomic mass is 35.5. The Morgan fingerprint density at radius 3 is 2.86 bits per heavy atom. The van der Waals surface area contributed by atoms with Crippen molar-refractivity contribution in [1.82, 2.24) is 9.62 Å². The number of nitrogens with one attached hydrogen (secondary N) is 1. The van der Waals surface area contributed by atoms with Gasteiger partial charge in [0.1, 0.15) is 12.1 Å². The van der Waals surface area contributed by atoms with Gasteiger partial charge in [-0.1, -0.05) is 17.7 Å². The first-order valence-corrected chi connectivity index (χ1v) is 14.7. The number of fused-ring (bicyclic) bond motifs is 1. The van der Waals surface area contributed by atoms with Crippen LogP contribution in [0, 0.1) is 0 Å². The third-order valence-electron chi connectivity index (χ3n) is 6.40. The quantitative estimate of drug-likeness (QED) is 0.501. The number of thiophene rings is 1. The molecule has 8 nitrogen and oxygen atoms in total. The van der Waals surface area contributed by atoms with Crippen molar-refractivity contribution < 1.29 is 22.7 Å². The molecule has 0 spiro atoms. The first-order chi connectivity index (χ1) is 17.2. The Kier molecular flexibility index (Phi) is 8.52. The number of carbonyl (C=O) groups is 2. The highest BCUT2D eigenvalue weighted by molar-refractivity contribution is 7.92. The van der Waals surface area contributed by atoms with Crippen LogP contribution in [-0.2, 0) is 37.3 Å². The van der Waals surface area contributed by atoms with Gasteiger partial charge in [-0.15, -0.1) is 11.3 Å². The molecule has 2 aromatic rings. The molecular weight excluding hydrogens is 522 g/mol. The first kappa shape index (κ1) is 26.8. The molecule has 2 aliphatic rings. The van der Waals surface area contributed by atoms with Crippen molar-refractivity contribution >= 4 is 56.6 Å². The molecule has 1 saturated heterocycles. The van der Waals surface area contributed by atoms with Gasteiger partial charge in [-0.05, 0) is 81.1 Å². The summed E-state index contributed by atoms with van der Waals surface area (Å²) < 4.78 is 33.6. The predicted octanol–water partition coefficient (Wildman–Crippen LogP) is 3.80. The minimum Gasteiger partial charge on any atom is -0.465 e. The van der Waals surface area contributed by atoms with Crippen LogP contribution >= 0.6 is 22.9 Å². The summed E-state index contributed by atoms with van der Waals surface area (Å²) in [5.41, 5.74) is 3.14. The van der Waals surface area contributed by atoms with E-state index in [1.807, 2.05) is 18.2 Å². The Labute approximate surface area is 220 Å². The molecular formula is C25H30ClN3O5S2. The molecule has 0 aliphatic carbocycles. The summed E-state index contributed by atoms with van der Waals surface area (Å²) in [6.07, 6.45) is 3.62. The second kappa shape index (κ2) is 11.4. The zero-order valence-electron chi connectivity index (χ0n) is 20.3. The molecule has 1 amide bonds. The molecule has 2 aliphatic heterocycles. The average Bonchev–Trinajstić information content (AvgIpc) is 3.34. The number of nitrogens with zero attached hydrogens (tertiary/aromatic N) is 2. The van der Waals surface area contributed by atoms with Gasteiger partial charge in [0.25, 0.3) is 0 Å². The van der Waals surface area contributed by atoms with E-state index in [1.54, 1.807) is 24.0 Å². The lowest BCUT2D eigenvalue weighted by atomic mass is 10.0. The Balaban J connectivity index is 1.63. The van der Waals surface area contributed by atoms with Gasteiger partial charge < -0.3 is 15.0 Å². The van der Waals surface area contributed by atoms with Crippen LogP contribution in [0.25, 0.3) is 6.08 Å².